The van der Waals surface area contributed by atoms with Gasteiger partial charge in [0, 0.05) is 5.88 Å². The second kappa shape index (κ2) is 4.92. The maximum absolute atomic E-state index is 12.0. The van der Waals surface area contributed by atoms with Crippen LogP contribution in [0.15, 0.2) is 36.4 Å². The summed E-state index contributed by atoms with van der Waals surface area (Å²) in [5, 5.41) is 0. The molecule has 0 aliphatic heterocycles. The highest BCUT2D eigenvalue weighted by Gasteiger charge is 2.41. The molecule has 3 heteroatoms. The summed E-state index contributed by atoms with van der Waals surface area (Å²) in [4.78, 5) is 12.0. The molecule has 0 spiro atoms. The highest BCUT2D eigenvalue weighted by Crippen LogP contribution is 2.38. The van der Waals surface area contributed by atoms with Gasteiger partial charge in [0.2, 0.25) is 0 Å². The normalized spacial score (nSPS) is 17.1. The van der Waals surface area contributed by atoms with E-state index in [1.165, 1.54) is 7.11 Å². The minimum absolute atomic E-state index is 0.166. The van der Waals surface area contributed by atoms with Gasteiger partial charge in [0.25, 0.3) is 0 Å². The molecule has 0 amide bonds. The lowest BCUT2D eigenvalue weighted by Gasteiger charge is -2.26. The van der Waals surface area contributed by atoms with Gasteiger partial charge in [-0.05, 0) is 24.0 Å². The van der Waals surface area contributed by atoms with Crippen LogP contribution in [0.5, 0.6) is 0 Å². The van der Waals surface area contributed by atoms with Crippen molar-refractivity contribution in [2.75, 3.05) is 7.11 Å². The molecular weight excluding hydrogens is 236 g/mol. The maximum atomic E-state index is 12.0. The molecule has 0 saturated heterocycles. The number of hydrogen-bond donors (Lipinski definition) is 0. The topological polar surface area (TPSA) is 26.3 Å². The quantitative estimate of drug-likeness (QED) is 0.468. The van der Waals surface area contributed by atoms with Crippen LogP contribution in [0.4, 0.5) is 0 Å². The Kier molecular flexibility index (Phi) is 3.53. The van der Waals surface area contributed by atoms with Crippen LogP contribution in [-0.2, 0) is 20.8 Å². The monoisotopic (exact) mass is 250 g/mol. The van der Waals surface area contributed by atoms with Gasteiger partial charge in [0.1, 0.15) is 0 Å². The average molecular weight is 251 g/mol. The molecule has 0 atom stereocenters. The number of halogens is 1. The summed E-state index contributed by atoms with van der Waals surface area (Å²) in [6, 6.07) is 7.87. The second-order valence-electron chi connectivity index (χ2n) is 4.28. The Morgan fingerprint density at radius 2 is 1.88 bits per heavy atom. The minimum Gasteiger partial charge on any atom is -0.468 e. The van der Waals surface area contributed by atoms with E-state index in [9.17, 15) is 4.79 Å². The van der Waals surface area contributed by atoms with Crippen molar-refractivity contribution >= 4 is 17.6 Å². The first-order valence-corrected chi connectivity index (χ1v) is 6.15. The number of methoxy groups -OCH3 is 1. The largest absolute Gasteiger partial charge is 0.468 e. The molecule has 0 heterocycles. The molecule has 0 unspecified atom stereocenters. The van der Waals surface area contributed by atoms with E-state index in [4.69, 9.17) is 16.3 Å². The van der Waals surface area contributed by atoms with Crippen LogP contribution in [0.3, 0.4) is 0 Å². The summed E-state index contributed by atoms with van der Waals surface area (Å²) in [5.74, 6) is 0.324. The number of hydrogen-bond acceptors (Lipinski definition) is 2. The third-order valence-corrected chi connectivity index (χ3v) is 3.64. The predicted molar refractivity (Wildman–Crippen MR) is 68.1 cm³/mol. The van der Waals surface area contributed by atoms with Gasteiger partial charge in [-0.3, -0.25) is 4.79 Å². The van der Waals surface area contributed by atoms with Crippen LogP contribution in [0, 0.1) is 0 Å². The third-order valence-electron chi connectivity index (χ3n) is 3.34. The van der Waals surface area contributed by atoms with Crippen LogP contribution < -0.4 is 0 Å². The fourth-order valence-corrected chi connectivity index (χ4v) is 2.46. The van der Waals surface area contributed by atoms with Gasteiger partial charge in [0.05, 0.1) is 12.5 Å². The number of rotatable bonds is 3. The lowest BCUT2D eigenvalue weighted by atomic mass is 9.78. The average Bonchev–Trinajstić information content (AvgIpc) is 2.88. The molecule has 1 aliphatic rings. The Labute approximate surface area is 106 Å². The van der Waals surface area contributed by atoms with Crippen molar-refractivity contribution in [2.45, 2.75) is 24.1 Å². The Balaban J connectivity index is 2.36. The zero-order valence-corrected chi connectivity index (χ0v) is 10.5. The Hall–Kier alpha value is -1.28. The van der Waals surface area contributed by atoms with Gasteiger partial charge in [-0.2, -0.15) is 0 Å². The molecule has 2 nitrogen and oxygen atoms in total. The lowest BCUT2D eigenvalue weighted by molar-refractivity contribution is -0.147. The zero-order valence-electron chi connectivity index (χ0n) is 9.78. The Morgan fingerprint density at radius 1 is 1.29 bits per heavy atom. The molecule has 1 aromatic rings. The highest BCUT2D eigenvalue weighted by molar-refractivity contribution is 6.17. The number of ether oxygens (including phenoxy) is 1. The predicted octanol–water partition coefficient (Wildman–Crippen LogP) is 3.19. The van der Waals surface area contributed by atoms with Crippen LogP contribution in [0.25, 0.3) is 0 Å². The van der Waals surface area contributed by atoms with Gasteiger partial charge in [-0.1, -0.05) is 36.4 Å². The Bertz CT molecular complexity index is 426. The van der Waals surface area contributed by atoms with Crippen molar-refractivity contribution in [1.82, 2.24) is 0 Å². The number of esters is 1. The van der Waals surface area contributed by atoms with Crippen molar-refractivity contribution in [2.24, 2.45) is 0 Å². The lowest BCUT2D eigenvalue weighted by Crippen LogP contribution is -2.34. The van der Waals surface area contributed by atoms with Crippen LogP contribution in [0.1, 0.15) is 24.0 Å². The van der Waals surface area contributed by atoms with Crippen molar-refractivity contribution < 1.29 is 9.53 Å². The summed E-state index contributed by atoms with van der Waals surface area (Å²) in [5.41, 5.74) is 1.53. The number of alkyl halides is 1. The first-order valence-electron chi connectivity index (χ1n) is 5.62. The molecule has 0 aromatic heterocycles. The highest BCUT2D eigenvalue weighted by atomic mass is 35.5. The van der Waals surface area contributed by atoms with Crippen LogP contribution in [0.2, 0.25) is 0 Å². The van der Waals surface area contributed by atoms with E-state index >= 15 is 0 Å². The number of carbonyl (C=O) groups excluding carboxylic acids is 1. The van der Waals surface area contributed by atoms with E-state index in [0.717, 1.165) is 11.1 Å². The van der Waals surface area contributed by atoms with Gasteiger partial charge in [-0.15, -0.1) is 11.6 Å². The SMILES string of the molecule is COC(=O)C1(c2ccc(CCl)cc2)CC=CC1. The van der Waals surface area contributed by atoms with E-state index in [1.807, 2.05) is 36.4 Å². The molecular formula is C14H15ClO2. The second-order valence-corrected chi connectivity index (χ2v) is 4.55. The molecule has 0 bridgehead atoms. The number of benzene rings is 1. The van der Waals surface area contributed by atoms with Crippen molar-refractivity contribution in [3.63, 3.8) is 0 Å². The van der Waals surface area contributed by atoms with Crippen molar-refractivity contribution in [3.8, 4) is 0 Å². The van der Waals surface area contributed by atoms with Crippen LogP contribution in [-0.4, -0.2) is 13.1 Å². The fraction of sp³-hybridized carbons (Fsp3) is 0.357. The minimum atomic E-state index is -0.528. The van der Waals surface area contributed by atoms with E-state index in [1.54, 1.807) is 0 Å². The fourth-order valence-electron chi connectivity index (χ4n) is 2.28. The van der Waals surface area contributed by atoms with Gasteiger partial charge in [0.15, 0.2) is 0 Å². The first kappa shape index (κ1) is 12.2. The van der Waals surface area contributed by atoms with Crippen molar-refractivity contribution in [3.05, 3.63) is 47.5 Å². The van der Waals surface area contributed by atoms with E-state index < -0.39 is 5.41 Å². The van der Waals surface area contributed by atoms with Gasteiger partial charge in [-0.25, -0.2) is 0 Å². The summed E-state index contributed by atoms with van der Waals surface area (Å²) >= 11 is 5.76. The molecule has 17 heavy (non-hydrogen) atoms. The molecule has 0 saturated carbocycles. The van der Waals surface area contributed by atoms with Crippen molar-refractivity contribution in [1.29, 1.82) is 0 Å². The molecule has 0 N–H and O–H groups in total. The van der Waals surface area contributed by atoms with E-state index in [-0.39, 0.29) is 5.97 Å². The first-order chi connectivity index (χ1) is 8.23. The van der Waals surface area contributed by atoms with E-state index in [2.05, 4.69) is 0 Å². The number of carbonyl (C=O) groups is 1. The smallest absolute Gasteiger partial charge is 0.316 e. The summed E-state index contributed by atoms with van der Waals surface area (Å²) < 4.78 is 4.94. The zero-order chi connectivity index (χ0) is 12.3. The van der Waals surface area contributed by atoms with Gasteiger partial charge >= 0.3 is 5.97 Å². The summed E-state index contributed by atoms with van der Waals surface area (Å²) in [6.45, 7) is 0. The molecule has 90 valence electrons. The standard InChI is InChI=1S/C14H15ClO2/c1-17-13(16)14(8-2-3-9-14)12-6-4-11(10-15)5-7-12/h2-7H,8-10H2,1H3. The van der Waals surface area contributed by atoms with E-state index in [0.29, 0.717) is 18.7 Å². The molecule has 0 radical (unpaired) electrons. The maximum Gasteiger partial charge on any atom is 0.316 e. The molecule has 1 aliphatic carbocycles. The molecule has 2 rings (SSSR count). The number of allylic oxidation sites excluding steroid dienone is 2. The van der Waals surface area contributed by atoms with Crippen LogP contribution >= 0.6 is 11.6 Å². The molecule has 1 aromatic carbocycles. The molecule has 0 fully saturated rings. The summed E-state index contributed by atoms with van der Waals surface area (Å²) in [7, 11) is 1.44. The third kappa shape index (κ3) is 2.09. The summed E-state index contributed by atoms with van der Waals surface area (Å²) in [6.07, 6.45) is 5.48. The van der Waals surface area contributed by atoms with Gasteiger partial charge < -0.3 is 4.74 Å². The Morgan fingerprint density at radius 3 is 2.35 bits per heavy atom.